The molecule has 4 bridgehead atoms. The molecule has 0 aliphatic heterocycles. The predicted molar refractivity (Wildman–Crippen MR) is 89.0 cm³/mol. The summed E-state index contributed by atoms with van der Waals surface area (Å²) < 4.78 is 0. The van der Waals surface area contributed by atoms with Crippen LogP contribution in [0.25, 0.3) is 0 Å². The van der Waals surface area contributed by atoms with Crippen molar-refractivity contribution in [3.63, 3.8) is 0 Å². The van der Waals surface area contributed by atoms with Crippen molar-refractivity contribution in [2.24, 2.45) is 17.8 Å². The summed E-state index contributed by atoms with van der Waals surface area (Å²) in [5, 5.41) is 0. The van der Waals surface area contributed by atoms with Crippen LogP contribution in [0.2, 0.25) is 0 Å². The number of aryl methyl sites for hydroxylation is 1. The van der Waals surface area contributed by atoms with Crippen LogP contribution in [0.4, 0.5) is 0 Å². The van der Waals surface area contributed by atoms with Gasteiger partial charge in [-0.25, -0.2) is 4.98 Å². The van der Waals surface area contributed by atoms with Crippen molar-refractivity contribution >= 4 is 0 Å². The van der Waals surface area contributed by atoms with Gasteiger partial charge in [0.1, 0.15) is 5.82 Å². The molecule has 2 nitrogen and oxygen atoms in total. The SMILES string of the molecule is CCc1[nH]c(C2CCCC2)nc1C12CC3CC(CC(C3)C1)C2. The normalized spacial score (nSPS) is 40.7. The molecule has 120 valence electrons. The van der Waals surface area contributed by atoms with Crippen LogP contribution in [0.3, 0.4) is 0 Å². The summed E-state index contributed by atoms with van der Waals surface area (Å²) in [5.41, 5.74) is 3.48. The summed E-state index contributed by atoms with van der Waals surface area (Å²) in [5.74, 6) is 5.13. The van der Waals surface area contributed by atoms with Gasteiger partial charge in [-0.2, -0.15) is 0 Å². The van der Waals surface area contributed by atoms with E-state index in [1.165, 1.54) is 81.4 Å². The number of nitrogens with one attached hydrogen (secondary N) is 1. The van der Waals surface area contributed by atoms with E-state index in [4.69, 9.17) is 4.98 Å². The van der Waals surface area contributed by atoms with Crippen molar-refractivity contribution < 1.29 is 0 Å². The Kier molecular flexibility index (Phi) is 3.01. The molecule has 1 aromatic heterocycles. The van der Waals surface area contributed by atoms with E-state index in [9.17, 15) is 0 Å². The van der Waals surface area contributed by atoms with Crippen molar-refractivity contribution in [3.8, 4) is 0 Å². The molecule has 2 heteroatoms. The molecule has 5 fully saturated rings. The van der Waals surface area contributed by atoms with Gasteiger partial charge in [-0.05, 0) is 75.5 Å². The Morgan fingerprint density at radius 1 is 1.00 bits per heavy atom. The molecule has 5 aliphatic carbocycles. The second-order valence-corrected chi connectivity index (χ2v) is 8.98. The number of imidazole rings is 1. The summed E-state index contributed by atoms with van der Waals surface area (Å²) in [7, 11) is 0. The zero-order valence-corrected chi connectivity index (χ0v) is 14.0. The molecule has 0 saturated heterocycles. The number of rotatable bonds is 3. The van der Waals surface area contributed by atoms with Crippen molar-refractivity contribution in [2.75, 3.05) is 0 Å². The first-order valence-corrected chi connectivity index (χ1v) is 9.85. The average Bonchev–Trinajstić information content (AvgIpc) is 3.15. The smallest absolute Gasteiger partial charge is 0.109 e. The third kappa shape index (κ3) is 1.95. The van der Waals surface area contributed by atoms with Crippen LogP contribution in [0.5, 0.6) is 0 Å². The minimum Gasteiger partial charge on any atom is -0.345 e. The fourth-order valence-electron chi connectivity index (χ4n) is 6.92. The first kappa shape index (κ1) is 13.6. The topological polar surface area (TPSA) is 28.7 Å². The predicted octanol–water partition coefficient (Wildman–Crippen LogP) is 5.10. The van der Waals surface area contributed by atoms with Crippen LogP contribution in [0, 0.1) is 17.8 Å². The minimum atomic E-state index is 0.466. The summed E-state index contributed by atoms with van der Waals surface area (Å²) in [6, 6.07) is 0. The lowest BCUT2D eigenvalue weighted by atomic mass is 9.48. The maximum Gasteiger partial charge on any atom is 0.109 e. The molecule has 5 aliphatic rings. The van der Waals surface area contributed by atoms with E-state index in [0.717, 1.165) is 30.1 Å². The Hall–Kier alpha value is -0.790. The van der Waals surface area contributed by atoms with E-state index in [0.29, 0.717) is 5.41 Å². The molecule has 0 spiro atoms. The van der Waals surface area contributed by atoms with E-state index in [1.54, 1.807) is 0 Å². The highest BCUT2D eigenvalue weighted by Crippen LogP contribution is 2.61. The van der Waals surface area contributed by atoms with Gasteiger partial charge >= 0.3 is 0 Å². The van der Waals surface area contributed by atoms with Gasteiger partial charge in [-0.3, -0.25) is 0 Å². The first-order valence-electron chi connectivity index (χ1n) is 9.85. The molecule has 5 saturated carbocycles. The maximum absolute atomic E-state index is 5.30. The molecule has 0 unspecified atom stereocenters. The first-order chi connectivity index (χ1) is 10.8. The standard InChI is InChI=1S/C20H30N2/c1-2-17-18(22-19(21-17)16-5-3-4-6-16)20-10-13-7-14(11-20)9-15(8-13)12-20/h13-16H,2-12H2,1H3,(H,21,22). The molecule has 0 radical (unpaired) electrons. The van der Waals surface area contributed by atoms with Crippen LogP contribution in [0.1, 0.15) is 94.3 Å². The van der Waals surface area contributed by atoms with Gasteiger partial charge in [0.05, 0.1) is 5.69 Å². The van der Waals surface area contributed by atoms with Gasteiger partial charge in [0.25, 0.3) is 0 Å². The van der Waals surface area contributed by atoms with Crippen molar-refractivity contribution in [3.05, 3.63) is 17.2 Å². The average molecular weight is 298 g/mol. The Morgan fingerprint density at radius 2 is 1.59 bits per heavy atom. The molecule has 1 aromatic rings. The molecule has 0 aromatic carbocycles. The maximum atomic E-state index is 5.30. The number of hydrogen-bond acceptors (Lipinski definition) is 1. The van der Waals surface area contributed by atoms with Gasteiger partial charge in [0.15, 0.2) is 0 Å². The third-order valence-corrected chi connectivity index (χ3v) is 7.43. The molecular weight excluding hydrogens is 268 g/mol. The summed E-state index contributed by atoms with van der Waals surface area (Å²) in [4.78, 5) is 9.08. The van der Waals surface area contributed by atoms with Crippen molar-refractivity contribution in [2.45, 2.75) is 88.9 Å². The zero-order valence-electron chi connectivity index (χ0n) is 14.0. The largest absolute Gasteiger partial charge is 0.345 e. The van der Waals surface area contributed by atoms with Crippen LogP contribution in [-0.4, -0.2) is 9.97 Å². The molecule has 0 amide bonds. The highest BCUT2D eigenvalue weighted by atomic mass is 15.0. The Bertz CT molecular complexity index is 529. The molecule has 22 heavy (non-hydrogen) atoms. The van der Waals surface area contributed by atoms with E-state index in [1.807, 2.05) is 0 Å². The van der Waals surface area contributed by atoms with E-state index < -0.39 is 0 Å². The van der Waals surface area contributed by atoms with Crippen LogP contribution >= 0.6 is 0 Å². The lowest BCUT2D eigenvalue weighted by Gasteiger charge is -2.56. The van der Waals surface area contributed by atoms with Crippen LogP contribution in [-0.2, 0) is 11.8 Å². The summed E-state index contributed by atoms with van der Waals surface area (Å²) >= 11 is 0. The van der Waals surface area contributed by atoms with Gasteiger partial charge in [0, 0.05) is 17.0 Å². The highest BCUT2D eigenvalue weighted by molar-refractivity contribution is 5.30. The minimum absolute atomic E-state index is 0.466. The Balaban J connectivity index is 1.54. The Labute approximate surface area is 134 Å². The Morgan fingerprint density at radius 3 is 2.14 bits per heavy atom. The molecular formula is C20H30N2. The van der Waals surface area contributed by atoms with E-state index in [2.05, 4.69) is 11.9 Å². The number of H-pyrrole nitrogens is 1. The van der Waals surface area contributed by atoms with Crippen molar-refractivity contribution in [1.29, 1.82) is 0 Å². The van der Waals surface area contributed by atoms with Gasteiger partial charge < -0.3 is 4.98 Å². The van der Waals surface area contributed by atoms with E-state index in [-0.39, 0.29) is 0 Å². The fraction of sp³-hybridized carbons (Fsp3) is 0.850. The summed E-state index contributed by atoms with van der Waals surface area (Å²) in [6.07, 6.45) is 15.6. The molecule has 6 rings (SSSR count). The van der Waals surface area contributed by atoms with Crippen molar-refractivity contribution in [1.82, 2.24) is 9.97 Å². The number of aromatic nitrogens is 2. The molecule has 0 atom stereocenters. The van der Waals surface area contributed by atoms with Gasteiger partial charge in [-0.1, -0.05) is 19.8 Å². The lowest BCUT2D eigenvalue weighted by molar-refractivity contribution is -0.00747. The highest BCUT2D eigenvalue weighted by Gasteiger charge is 2.53. The van der Waals surface area contributed by atoms with Crippen LogP contribution < -0.4 is 0 Å². The fourth-order valence-corrected chi connectivity index (χ4v) is 6.92. The second-order valence-electron chi connectivity index (χ2n) is 8.98. The lowest BCUT2D eigenvalue weighted by Crippen LogP contribution is -2.49. The third-order valence-electron chi connectivity index (χ3n) is 7.43. The molecule has 1 N–H and O–H groups in total. The monoisotopic (exact) mass is 298 g/mol. The van der Waals surface area contributed by atoms with Crippen LogP contribution in [0.15, 0.2) is 0 Å². The second kappa shape index (κ2) is 4.85. The molecule has 1 heterocycles. The quantitative estimate of drug-likeness (QED) is 0.826. The number of nitrogens with zero attached hydrogens (tertiary/aromatic N) is 1. The summed E-state index contributed by atoms with van der Waals surface area (Å²) in [6.45, 7) is 2.32. The van der Waals surface area contributed by atoms with Gasteiger partial charge in [-0.15, -0.1) is 0 Å². The zero-order chi connectivity index (χ0) is 14.7. The number of hydrogen-bond donors (Lipinski definition) is 1. The number of aromatic amines is 1. The van der Waals surface area contributed by atoms with E-state index >= 15 is 0 Å². The van der Waals surface area contributed by atoms with Gasteiger partial charge in [0.2, 0.25) is 0 Å².